The van der Waals surface area contributed by atoms with Gasteiger partial charge in [0.25, 0.3) is 10.0 Å². The number of fused-ring (bicyclic) bond motifs is 1. The van der Waals surface area contributed by atoms with Crippen molar-refractivity contribution in [1.29, 1.82) is 0 Å². The van der Waals surface area contributed by atoms with Crippen LogP contribution < -0.4 is 16.2 Å². The summed E-state index contributed by atoms with van der Waals surface area (Å²) in [5.74, 6) is 0.313. The Bertz CT molecular complexity index is 1170. The lowest BCUT2D eigenvalue weighted by Crippen LogP contribution is -2.37. The molecule has 1 aromatic heterocycles. The van der Waals surface area contributed by atoms with E-state index in [1.54, 1.807) is 12.1 Å². The number of aryl methyl sites for hydroxylation is 2. The molecule has 1 unspecified atom stereocenters. The number of para-hydroxylation sites is 2. The van der Waals surface area contributed by atoms with Crippen LogP contribution in [0.2, 0.25) is 0 Å². The maximum atomic E-state index is 12.3. The van der Waals surface area contributed by atoms with Crippen LogP contribution in [-0.2, 0) is 17.1 Å². The van der Waals surface area contributed by atoms with Gasteiger partial charge in [0.1, 0.15) is 11.9 Å². The van der Waals surface area contributed by atoms with Gasteiger partial charge in [-0.15, -0.1) is 0 Å². The van der Waals surface area contributed by atoms with E-state index < -0.39 is 22.2 Å². The van der Waals surface area contributed by atoms with Gasteiger partial charge in [0.2, 0.25) is 5.96 Å². The van der Waals surface area contributed by atoms with Crippen molar-refractivity contribution in [2.24, 2.45) is 23.5 Å². The molecule has 166 valence electrons. The molecule has 0 saturated carbocycles. The summed E-state index contributed by atoms with van der Waals surface area (Å²) in [6.07, 6.45) is 0.0554. The summed E-state index contributed by atoms with van der Waals surface area (Å²) in [6, 6.07) is 13.5. The van der Waals surface area contributed by atoms with Crippen molar-refractivity contribution < 1.29 is 13.5 Å². The zero-order valence-corrected chi connectivity index (χ0v) is 18.4. The number of aliphatic hydroxyl groups excluding tert-OH is 1. The molecule has 1 heterocycles. The van der Waals surface area contributed by atoms with Crippen molar-refractivity contribution in [3.8, 4) is 0 Å². The first-order valence-electron chi connectivity index (χ1n) is 9.93. The normalized spacial score (nSPS) is 14.5. The summed E-state index contributed by atoms with van der Waals surface area (Å²) in [7, 11) is -1.94. The van der Waals surface area contributed by atoms with Crippen LogP contribution in [0.15, 0.2) is 58.4 Å². The third-order valence-corrected chi connectivity index (χ3v) is 6.41. The zero-order valence-electron chi connectivity index (χ0n) is 17.6. The molecule has 10 heteroatoms. The maximum absolute atomic E-state index is 12.3. The summed E-state index contributed by atoms with van der Waals surface area (Å²) in [4.78, 5) is 8.64. The number of imidazole rings is 1. The number of rotatable bonds is 8. The van der Waals surface area contributed by atoms with E-state index in [-0.39, 0.29) is 17.4 Å². The minimum absolute atomic E-state index is 0.115. The van der Waals surface area contributed by atoms with E-state index in [1.165, 1.54) is 12.1 Å². The van der Waals surface area contributed by atoms with E-state index >= 15 is 0 Å². The topological polar surface area (TPSA) is 149 Å². The molecular formula is C21H28N6O3S. The molecule has 2 aromatic carbocycles. The molecule has 0 aliphatic rings. The molecule has 0 fully saturated rings. The summed E-state index contributed by atoms with van der Waals surface area (Å²) in [5.41, 5.74) is 14.5. The monoisotopic (exact) mass is 444 g/mol. The number of hydrogen-bond donors (Lipinski definition) is 4. The van der Waals surface area contributed by atoms with Crippen LogP contribution in [0.25, 0.3) is 11.0 Å². The fourth-order valence-electron chi connectivity index (χ4n) is 3.25. The molecule has 3 aromatic rings. The van der Waals surface area contributed by atoms with Crippen LogP contribution in [0.5, 0.6) is 0 Å². The fraction of sp³-hybridized carbons (Fsp3) is 0.333. The highest BCUT2D eigenvalue weighted by atomic mass is 32.2. The second-order valence-corrected chi connectivity index (χ2v) is 9.14. The van der Waals surface area contributed by atoms with Crippen molar-refractivity contribution in [1.82, 2.24) is 14.3 Å². The first-order valence-corrected chi connectivity index (χ1v) is 11.4. The van der Waals surface area contributed by atoms with Gasteiger partial charge in [-0.3, -0.25) is 4.99 Å². The molecule has 0 amide bonds. The van der Waals surface area contributed by atoms with E-state index in [0.29, 0.717) is 18.7 Å². The molecular weight excluding hydrogens is 416 g/mol. The first-order chi connectivity index (χ1) is 14.7. The lowest BCUT2D eigenvalue weighted by Gasteiger charge is -2.18. The van der Waals surface area contributed by atoms with Crippen LogP contribution in [0.1, 0.15) is 30.3 Å². The predicted octanol–water partition coefficient (Wildman–Crippen LogP) is 1.32. The molecule has 0 radical (unpaired) electrons. The standard InChI is InChI=1S/C21H28N6O3S/c1-14-9-11-15(12-10-14)31(29,30)26-21(23)24-13-5-6-16(22)19(28)20-25-17-7-3-4-8-18(17)27(20)2/h3-4,7-12,16,19,28H,5-6,13,22H2,1-2H3,(H3,23,24,26)/t16-,19?/m0/s1. The average Bonchev–Trinajstić information content (AvgIpc) is 3.07. The van der Waals surface area contributed by atoms with E-state index in [4.69, 9.17) is 11.5 Å². The van der Waals surface area contributed by atoms with Gasteiger partial charge in [0, 0.05) is 19.6 Å². The van der Waals surface area contributed by atoms with Crippen molar-refractivity contribution in [2.45, 2.75) is 36.8 Å². The van der Waals surface area contributed by atoms with Gasteiger partial charge in [-0.05, 0) is 44.0 Å². The molecule has 0 bridgehead atoms. The fourth-order valence-corrected chi connectivity index (χ4v) is 4.20. The van der Waals surface area contributed by atoms with Gasteiger partial charge in [0.15, 0.2) is 0 Å². The zero-order chi connectivity index (χ0) is 22.6. The Morgan fingerprint density at radius 3 is 2.58 bits per heavy atom. The van der Waals surface area contributed by atoms with Crippen molar-refractivity contribution in [3.05, 3.63) is 59.9 Å². The van der Waals surface area contributed by atoms with Crippen molar-refractivity contribution in [2.75, 3.05) is 6.54 Å². The Morgan fingerprint density at radius 2 is 1.90 bits per heavy atom. The summed E-state index contributed by atoms with van der Waals surface area (Å²) in [6.45, 7) is 2.14. The van der Waals surface area contributed by atoms with Crippen LogP contribution in [0.4, 0.5) is 0 Å². The molecule has 0 aliphatic carbocycles. The number of aliphatic imine (C=N–C) groups is 1. The Kier molecular flexibility index (Phi) is 6.94. The SMILES string of the molecule is Cc1ccc(S(=O)(=O)NC(N)=NCCC[C@H](N)C(O)c2nc3ccccc3n2C)cc1. The number of hydrogen-bond acceptors (Lipinski definition) is 6. The van der Waals surface area contributed by atoms with Gasteiger partial charge in [-0.25, -0.2) is 18.1 Å². The summed E-state index contributed by atoms with van der Waals surface area (Å²) in [5, 5.41) is 10.6. The molecule has 0 saturated heterocycles. The van der Waals surface area contributed by atoms with Crippen LogP contribution in [0, 0.1) is 6.92 Å². The highest BCUT2D eigenvalue weighted by molar-refractivity contribution is 7.90. The highest BCUT2D eigenvalue weighted by Crippen LogP contribution is 2.22. The Balaban J connectivity index is 1.53. The Hall–Kier alpha value is -2.95. The van der Waals surface area contributed by atoms with E-state index in [2.05, 4.69) is 14.7 Å². The molecule has 9 nitrogen and oxygen atoms in total. The molecule has 0 spiro atoms. The average molecular weight is 445 g/mol. The quantitative estimate of drug-likeness (QED) is 0.234. The second-order valence-electron chi connectivity index (χ2n) is 7.45. The predicted molar refractivity (Wildman–Crippen MR) is 121 cm³/mol. The van der Waals surface area contributed by atoms with E-state index in [9.17, 15) is 13.5 Å². The summed E-state index contributed by atoms with van der Waals surface area (Å²) < 4.78 is 28.7. The number of sulfonamides is 1. The van der Waals surface area contributed by atoms with Gasteiger partial charge in [0.05, 0.1) is 15.9 Å². The number of nitrogens with zero attached hydrogens (tertiary/aromatic N) is 3. The molecule has 31 heavy (non-hydrogen) atoms. The molecule has 2 atom stereocenters. The molecule has 6 N–H and O–H groups in total. The number of aliphatic hydroxyl groups is 1. The number of nitrogens with one attached hydrogen (secondary N) is 1. The number of aromatic nitrogens is 2. The third kappa shape index (κ3) is 5.40. The largest absolute Gasteiger partial charge is 0.384 e. The van der Waals surface area contributed by atoms with Crippen LogP contribution >= 0.6 is 0 Å². The van der Waals surface area contributed by atoms with Crippen LogP contribution in [0.3, 0.4) is 0 Å². The minimum atomic E-state index is -3.78. The Morgan fingerprint density at radius 1 is 1.23 bits per heavy atom. The molecule has 0 aliphatic heterocycles. The van der Waals surface area contributed by atoms with Crippen LogP contribution in [-0.4, -0.2) is 41.6 Å². The van der Waals surface area contributed by atoms with Crippen molar-refractivity contribution in [3.63, 3.8) is 0 Å². The number of guanidine groups is 1. The van der Waals surface area contributed by atoms with Gasteiger partial charge < -0.3 is 21.1 Å². The van der Waals surface area contributed by atoms with Crippen molar-refractivity contribution >= 4 is 27.0 Å². The Labute approximate surface area is 181 Å². The maximum Gasteiger partial charge on any atom is 0.264 e. The van der Waals surface area contributed by atoms with Gasteiger partial charge in [-0.2, -0.15) is 0 Å². The van der Waals surface area contributed by atoms with Gasteiger partial charge in [-0.1, -0.05) is 29.8 Å². The lowest BCUT2D eigenvalue weighted by molar-refractivity contribution is 0.130. The van der Waals surface area contributed by atoms with Gasteiger partial charge >= 0.3 is 0 Å². The second kappa shape index (κ2) is 9.46. The minimum Gasteiger partial charge on any atom is -0.384 e. The third-order valence-electron chi connectivity index (χ3n) is 5.04. The van der Waals surface area contributed by atoms with E-state index in [1.807, 2.05) is 42.8 Å². The first kappa shape index (κ1) is 22.7. The lowest BCUT2D eigenvalue weighted by atomic mass is 10.1. The smallest absolute Gasteiger partial charge is 0.264 e. The number of nitrogens with two attached hydrogens (primary N) is 2. The molecule has 3 rings (SSSR count). The summed E-state index contributed by atoms with van der Waals surface area (Å²) >= 11 is 0. The highest BCUT2D eigenvalue weighted by Gasteiger charge is 2.22. The number of benzene rings is 2. The van der Waals surface area contributed by atoms with E-state index in [0.717, 1.165) is 16.6 Å².